The molecule has 3 nitrogen and oxygen atoms in total. The SMILES string of the molecule is NC(=O)C1(c2ccc(C(F)(F)F)nc2)CC1. The molecule has 1 aliphatic carbocycles. The Bertz CT molecular complexity index is 421. The number of aromatic nitrogens is 1. The molecule has 1 amide bonds. The minimum atomic E-state index is -4.46. The summed E-state index contributed by atoms with van der Waals surface area (Å²) in [5.41, 5.74) is 3.92. The maximum atomic E-state index is 12.2. The summed E-state index contributed by atoms with van der Waals surface area (Å²) in [6.45, 7) is 0. The highest BCUT2D eigenvalue weighted by Crippen LogP contribution is 2.47. The van der Waals surface area contributed by atoms with Gasteiger partial charge in [0.1, 0.15) is 5.69 Å². The Morgan fingerprint density at radius 2 is 2.00 bits per heavy atom. The van der Waals surface area contributed by atoms with Crippen LogP contribution in [0.2, 0.25) is 0 Å². The number of hydrogen-bond acceptors (Lipinski definition) is 2. The molecule has 1 aromatic heterocycles. The molecule has 1 aromatic rings. The van der Waals surface area contributed by atoms with Gasteiger partial charge in [0, 0.05) is 6.20 Å². The van der Waals surface area contributed by atoms with Crippen LogP contribution in [0.5, 0.6) is 0 Å². The molecule has 0 saturated heterocycles. The second-order valence-corrected chi connectivity index (χ2v) is 3.88. The number of nitrogens with two attached hydrogens (primary N) is 1. The fraction of sp³-hybridized carbons (Fsp3) is 0.400. The van der Waals surface area contributed by atoms with Gasteiger partial charge in [-0.3, -0.25) is 9.78 Å². The van der Waals surface area contributed by atoms with Gasteiger partial charge >= 0.3 is 6.18 Å². The zero-order chi connectivity index (χ0) is 12.0. The molecule has 2 N–H and O–H groups in total. The summed E-state index contributed by atoms with van der Waals surface area (Å²) < 4.78 is 36.7. The van der Waals surface area contributed by atoms with E-state index in [9.17, 15) is 18.0 Å². The number of carbonyl (C=O) groups excluding carboxylic acids is 1. The molecule has 0 aromatic carbocycles. The number of nitrogens with zero attached hydrogens (tertiary/aromatic N) is 1. The lowest BCUT2D eigenvalue weighted by Crippen LogP contribution is -2.28. The van der Waals surface area contributed by atoms with Gasteiger partial charge in [0.05, 0.1) is 5.41 Å². The van der Waals surface area contributed by atoms with E-state index in [1.165, 1.54) is 6.07 Å². The first kappa shape index (κ1) is 10.9. The summed E-state index contributed by atoms with van der Waals surface area (Å²) >= 11 is 0. The molecule has 1 fully saturated rings. The molecule has 2 rings (SSSR count). The molecule has 0 aliphatic heterocycles. The largest absolute Gasteiger partial charge is 0.433 e. The molecule has 0 radical (unpaired) electrons. The van der Waals surface area contributed by atoms with Crippen LogP contribution in [0, 0.1) is 0 Å². The van der Waals surface area contributed by atoms with Crippen LogP contribution in [0.1, 0.15) is 24.1 Å². The predicted molar refractivity (Wildman–Crippen MR) is 49.3 cm³/mol. The lowest BCUT2D eigenvalue weighted by Gasteiger charge is -2.12. The van der Waals surface area contributed by atoms with Gasteiger partial charge in [-0.15, -0.1) is 0 Å². The van der Waals surface area contributed by atoms with E-state index >= 15 is 0 Å². The average molecular weight is 230 g/mol. The van der Waals surface area contributed by atoms with Gasteiger partial charge in [-0.05, 0) is 24.5 Å². The number of primary amides is 1. The van der Waals surface area contributed by atoms with Crippen molar-refractivity contribution in [2.45, 2.75) is 24.4 Å². The molecule has 86 valence electrons. The molecule has 6 heteroatoms. The lowest BCUT2D eigenvalue weighted by molar-refractivity contribution is -0.141. The minimum absolute atomic E-state index is 0.466. The van der Waals surface area contributed by atoms with Gasteiger partial charge < -0.3 is 5.73 Å². The zero-order valence-electron chi connectivity index (χ0n) is 8.21. The van der Waals surface area contributed by atoms with Crippen molar-refractivity contribution in [1.82, 2.24) is 4.98 Å². The third-order valence-electron chi connectivity index (χ3n) is 2.83. The van der Waals surface area contributed by atoms with E-state index < -0.39 is 23.2 Å². The minimum Gasteiger partial charge on any atom is -0.369 e. The van der Waals surface area contributed by atoms with E-state index in [-0.39, 0.29) is 0 Å². The average Bonchev–Trinajstić information content (AvgIpc) is 2.97. The summed E-state index contributed by atoms with van der Waals surface area (Å²) in [5, 5.41) is 0. The molecular formula is C10H9F3N2O. The Hall–Kier alpha value is -1.59. The van der Waals surface area contributed by atoms with Crippen LogP contribution in [0.3, 0.4) is 0 Å². The van der Waals surface area contributed by atoms with Gasteiger partial charge in [0.15, 0.2) is 0 Å². The van der Waals surface area contributed by atoms with Crippen molar-refractivity contribution in [3.8, 4) is 0 Å². The third kappa shape index (κ3) is 1.64. The number of rotatable bonds is 2. The van der Waals surface area contributed by atoms with Gasteiger partial charge in [-0.2, -0.15) is 13.2 Å². The smallest absolute Gasteiger partial charge is 0.369 e. The Labute approximate surface area is 89.5 Å². The maximum Gasteiger partial charge on any atom is 0.433 e. The Morgan fingerprint density at radius 3 is 2.31 bits per heavy atom. The lowest BCUT2D eigenvalue weighted by atomic mass is 9.97. The van der Waals surface area contributed by atoms with Crippen LogP contribution in [0.4, 0.5) is 13.2 Å². The molecule has 0 unspecified atom stereocenters. The first-order chi connectivity index (χ1) is 7.36. The second kappa shape index (κ2) is 3.20. The van der Waals surface area contributed by atoms with Crippen LogP contribution in [-0.4, -0.2) is 10.9 Å². The van der Waals surface area contributed by atoms with Gasteiger partial charge in [-0.25, -0.2) is 0 Å². The molecule has 1 aliphatic rings. The summed E-state index contributed by atoms with van der Waals surface area (Å²) in [7, 11) is 0. The van der Waals surface area contributed by atoms with Crippen molar-refractivity contribution in [1.29, 1.82) is 0 Å². The van der Waals surface area contributed by atoms with E-state index in [4.69, 9.17) is 5.73 Å². The van der Waals surface area contributed by atoms with Crippen molar-refractivity contribution in [2.24, 2.45) is 5.73 Å². The number of hydrogen-bond donors (Lipinski definition) is 1. The second-order valence-electron chi connectivity index (χ2n) is 3.88. The van der Waals surface area contributed by atoms with Crippen molar-refractivity contribution >= 4 is 5.91 Å². The molecule has 0 spiro atoms. The van der Waals surface area contributed by atoms with E-state index in [2.05, 4.69) is 4.98 Å². The molecule has 16 heavy (non-hydrogen) atoms. The summed E-state index contributed by atoms with van der Waals surface area (Å²) in [6.07, 6.45) is -2.21. The first-order valence-corrected chi connectivity index (χ1v) is 4.70. The van der Waals surface area contributed by atoms with Crippen LogP contribution in [-0.2, 0) is 16.4 Å². The molecular weight excluding hydrogens is 221 g/mol. The topological polar surface area (TPSA) is 56.0 Å². The van der Waals surface area contributed by atoms with Crippen LogP contribution >= 0.6 is 0 Å². The summed E-state index contributed by atoms with van der Waals surface area (Å²) in [6, 6.07) is 2.14. The van der Waals surface area contributed by atoms with Crippen LogP contribution in [0.15, 0.2) is 18.3 Å². The van der Waals surface area contributed by atoms with Gasteiger partial charge in [0.25, 0.3) is 0 Å². The highest BCUT2D eigenvalue weighted by molar-refractivity contribution is 5.89. The summed E-state index contributed by atoms with van der Waals surface area (Å²) in [5.74, 6) is -0.506. The fourth-order valence-corrected chi connectivity index (χ4v) is 1.65. The van der Waals surface area contributed by atoms with Crippen molar-refractivity contribution in [2.75, 3.05) is 0 Å². The Balaban J connectivity index is 2.31. The third-order valence-corrected chi connectivity index (χ3v) is 2.83. The number of halogens is 3. The number of pyridine rings is 1. The number of amides is 1. The number of alkyl halides is 3. The monoisotopic (exact) mass is 230 g/mol. The molecule has 1 heterocycles. The standard InChI is InChI=1S/C10H9F3N2O/c11-10(12,13)7-2-1-6(5-15-7)9(3-4-9)8(14)16/h1-2,5H,3-4H2,(H2,14,16). The first-order valence-electron chi connectivity index (χ1n) is 4.70. The maximum absolute atomic E-state index is 12.2. The molecule has 0 atom stereocenters. The van der Waals surface area contributed by atoms with Crippen molar-refractivity contribution in [3.63, 3.8) is 0 Å². The molecule has 0 bridgehead atoms. The zero-order valence-corrected chi connectivity index (χ0v) is 8.21. The van der Waals surface area contributed by atoms with E-state index in [0.717, 1.165) is 12.3 Å². The number of carbonyl (C=O) groups is 1. The van der Waals surface area contributed by atoms with Crippen LogP contribution < -0.4 is 5.73 Å². The van der Waals surface area contributed by atoms with Crippen molar-refractivity contribution < 1.29 is 18.0 Å². The van der Waals surface area contributed by atoms with Crippen molar-refractivity contribution in [3.05, 3.63) is 29.6 Å². The fourth-order valence-electron chi connectivity index (χ4n) is 1.65. The van der Waals surface area contributed by atoms with Gasteiger partial charge in [-0.1, -0.05) is 6.07 Å². The quantitative estimate of drug-likeness (QED) is 0.839. The van der Waals surface area contributed by atoms with E-state index in [0.29, 0.717) is 18.4 Å². The Morgan fingerprint density at radius 1 is 1.38 bits per heavy atom. The molecule has 1 saturated carbocycles. The highest BCUT2D eigenvalue weighted by Gasteiger charge is 2.50. The van der Waals surface area contributed by atoms with Gasteiger partial charge in [0.2, 0.25) is 5.91 Å². The normalized spacial score (nSPS) is 18.2. The Kier molecular flexibility index (Phi) is 2.18. The van der Waals surface area contributed by atoms with E-state index in [1.807, 2.05) is 0 Å². The van der Waals surface area contributed by atoms with Crippen LogP contribution in [0.25, 0.3) is 0 Å². The predicted octanol–water partition coefficient (Wildman–Crippen LogP) is 1.62. The van der Waals surface area contributed by atoms with E-state index in [1.54, 1.807) is 0 Å². The summed E-state index contributed by atoms with van der Waals surface area (Å²) in [4.78, 5) is 14.4. The highest BCUT2D eigenvalue weighted by atomic mass is 19.4.